The number of nitrogens with two attached hydrogens (primary N) is 1. The molecule has 0 radical (unpaired) electrons. The Labute approximate surface area is 117 Å². The Morgan fingerprint density at radius 2 is 1.89 bits per heavy atom. The van der Waals surface area contributed by atoms with Gasteiger partial charge in [0, 0.05) is 25.2 Å². The van der Waals surface area contributed by atoms with Gasteiger partial charge in [-0.3, -0.25) is 0 Å². The average molecular weight is 274 g/mol. The standard InChI is InChI=1S/C14H18N4S/c15-12-7-3-2-6-11(12)10-13-16-17-14(19-13)18-8-4-1-5-9-18/h2-3,6-7H,1,4-5,8-10,15H2. The third-order valence-corrected chi connectivity index (χ3v) is 4.46. The van der Waals surface area contributed by atoms with Crippen LogP contribution in [-0.4, -0.2) is 23.3 Å². The number of rotatable bonds is 3. The summed E-state index contributed by atoms with van der Waals surface area (Å²) in [6.45, 7) is 2.23. The van der Waals surface area contributed by atoms with Gasteiger partial charge >= 0.3 is 0 Å². The number of piperidine rings is 1. The fourth-order valence-electron chi connectivity index (χ4n) is 2.39. The lowest BCUT2D eigenvalue weighted by atomic mass is 10.1. The van der Waals surface area contributed by atoms with Gasteiger partial charge in [-0.25, -0.2) is 0 Å². The van der Waals surface area contributed by atoms with Gasteiger partial charge in [0.25, 0.3) is 0 Å². The fraction of sp³-hybridized carbons (Fsp3) is 0.429. The van der Waals surface area contributed by atoms with Crippen LogP contribution in [0.5, 0.6) is 0 Å². The largest absolute Gasteiger partial charge is 0.398 e. The zero-order chi connectivity index (χ0) is 13.1. The van der Waals surface area contributed by atoms with Crippen molar-refractivity contribution in [3.8, 4) is 0 Å². The Kier molecular flexibility index (Phi) is 3.64. The van der Waals surface area contributed by atoms with Crippen LogP contribution < -0.4 is 10.6 Å². The van der Waals surface area contributed by atoms with Crippen LogP contribution in [0.25, 0.3) is 0 Å². The molecule has 1 aliphatic rings. The molecule has 2 aromatic rings. The average Bonchev–Trinajstić information content (AvgIpc) is 2.91. The molecule has 0 unspecified atom stereocenters. The molecule has 1 fully saturated rings. The summed E-state index contributed by atoms with van der Waals surface area (Å²) >= 11 is 1.69. The highest BCUT2D eigenvalue weighted by atomic mass is 32.1. The molecule has 1 aliphatic heterocycles. The van der Waals surface area contributed by atoms with Gasteiger partial charge in [0.1, 0.15) is 5.01 Å². The summed E-state index contributed by atoms with van der Waals surface area (Å²) in [6.07, 6.45) is 4.64. The quantitative estimate of drug-likeness (QED) is 0.874. The lowest BCUT2D eigenvalue weighted by molar-refractivity contribution is 0.575. The van der Waals surface area contributed by atoms with Crippen LogP contribution in [0, 0.1) is 0 Å². The van der Waals surface area contributed by atoms with E-state index in [0.29, 0.717) is 0 Å². The number of benzene rings is 1. The minimum atomic E-state index is 0.776. The summed E-state index contributed by atoms with van der Waals surface area (Å²) in [7, 11) is 0. The molecular weight excluding hydrogens is 256 g/mol. The van der Waals surface area contributed by atoms with Crippen LogP contribution in [-0.2, 0) is 6.42 Å². The van der Waals surface area contributed by atoms with E-state index in [1.807, 2.05) is 18.2 Å². The lowest BCUT2D eigenvalue weighted by Gasteiger charge is -2.25. The highest BCUT2D eigenvalue weighted by Crippen LogP contribution is 2.26. The van der Waals surface area contributed by atoms with E-state index < -0.39 is 0 Å². The summed E-state index contributed by atoms with van der Waals surface area (Å²) in [6, 6.07) is 7.95. The molecule has 4 nitrogen and oxygen atoms in total. The maximum Gasteiger partial charge on any atom is 0.208 e. The van der Waals surface area contributed by atoms with Gasteiger partial charge < -0.3 is 10.6 Å². The van der Waals surface area contributed by atoms with Crippen molar-refractivity contribution in [2.45, 2.75) is 25.7 Å². The first-order valence-corrected chi connectivity index (χ1v) is 7.55. The smallest absolute Gasteiger partial charge is 0.208 e. The van der Waals surface area contributed by atoms with E-state index in [-0.39, 0.29) is 0 Å². The van der Waals surface area contributed by atoms with Crippen molar-refractivity contribution in [2.24, 2.45) is 0 Å². The summed E-state index contributed by atoms with van der Waals surface area (Å²) in [5, 5.41) is 10.7. The number of hydrogen-bond acceptors (Lipinski definition) is 5. The second-order valence-corrected chi connectivity index (χ2v) is 5.94. The third kappa shape index (κ3) is 2.87. The van der Waals surface area contributed by atoms with Gasteiger partial charge in [-0.2, -0.15) is 0 Å². The predicted molar refractivity (Wildman–Crippen MR) is 79.6 cm³/mol. The van der Waals surface area contributed by atoms with Crippen molar-refractivity contribution in [3.05, 3.63) is 34.8 Å². The van der Waals surface area contributed by atoms with Crippen LogP contribution in [0.4, 0.5) is 10.8 Å². The molecule has 1 aromatic heterocycles. The zero-order valence-electron chi connectivity index (χ0n) is 10.9. The van der Waals surface area contributed by atoms with Crippen molar-refractivity contribution in [2.75, 3.05) is 23.7 Å². The topological polar surface area (TPSA) is 55.0 Å². The molecule has 0 atom stereocenters. The number of hydrogen-bond donors (Lipinski definition) is 1. The molecule has 1 aromatic carbocycles. The molecule has 0 bridgehead atoms. The van der Waals surface area contributed by atoms with Crippen molar-refractivity contribution in [1.82, 2.24) is 10.2 Å². The van der Waals surface area contributed by atoms with E-state index in [1.54, 1.807) is 11.3 Å². The van der Waals surface area contributed by atoms with E-state index in [4.69, 9.17) is 5.73 Å². The van der Waals surface area contributed by atoms with Crippen LogP contribution in [0.2, 0.25) is 0 Å². The van der Waals surface area contributed by atoms with Crippen molar-refractivity contribution in [1.29, 1.82) is 0 Å². The summed E-state index contributed by atoms with van der Waals surface area (Å²) in [4.78, 5) is 2.35. The number of nitrogens with zero attached hydrogens (tertiary/aromatic N) is 3. The van der Waals surface area contributed by atoms with Gasteiger partial charge in [-0.05, 0) is 30.9 Å². The SMILES string of the molecule is Nc1ccccc1Cc1nnc(N2CCCCC2)s1. The number of anilines is 2. The predicted octanol–water partition coefficient (Wildman–Crippen LogP) is 2.70. The van der Waals surface area contributed by atoms with Crippen LogP contribution >= 0.6 is 11.3 Å². The fourth-order valence-corrected chi connectivity index (χ4v) is 3.30. The second kappa shape index (κ2) is 5.57. The third-order valence-electron chi connectivity index (χ3n) is 3.48. The highest BCUT2D eigenvalue weighted by Gasteiger charge is 2.15. The van der Waals surface area contributed by atoms with E-state index in [1.165, 1.54) is 19.3 Å². The molecule has 5 heteroatoms. The van der Waals surface area contributed by atoms with Gasteiger partial charge in [0.05, 0.1) is 0 Å². The Morgan fingerprint density at radius 3 is 2.68 bits per heavy atom. The molecule has 2 heterocycles. The first-order valence-electron chi connectivity index (χ1n) is 6.73. The minimum Gasteiger partial charge on any atom is -0.398 e. The van der Waals surface area contributed by atoms with Gasteiger partial charge in [-0.1, -0.05) is 29.5 Å². The Balaban J connectivity index is 1.73. The van der Waals surface area contributed by atoms with E-state index in [0.717, 1.165) is 40.9 Å². The molecule has 0 spiro atoms. The normalized spacial score (nSPS) is 15.7. The van der Waals surface area contributed by atoms with E-state index >= 15 is 0 Å². The molecule has 1 saturated heterocycles. The molecule has 2 N–H and O–H groups in total. The molecule has 19 heavy (non-hydrogen) atoms. The summed E-state index contributed by atoms with van der Waals surface area (Å²) < 4.78 is 0. The van der Waals surface area contributed by atoms with Crippen LogP contribution in [0.1, 0.15) is 29.8 Å². The molecular formula is C14H18N4S. The molecule has 0 amide bonds. The number of nitrogen functional groups attached to an aromatic ring is 1. The first-order chi connectivity index (χ1) is 9.33. The van der Waals surface area contributed by atoms with Crippen LogP contribution in [0.3, 0.4) is 0 Å². The summed E-state index contributed by atoms with van der Waals surface area (Å²) in [5.74, 6) is 0. The maximum absolute atomic E-state index is 5.96. The maximum atomic E-state index is 5.96. The Bertz CT molecular complexity index is 546. The minimum absolute atomic E-state index is 0.776. The Morgan fingerprint density at radius 1 is 1.11 bits per heavy atom. The highest BCUT2D eigenvalue weighted by molar-refractivity contribution is 7.15. The molecule has 3 rings (SSSR count). The number of para-hydroxylation sites is 1. The van der Waals surface area contributed by atoms with Crippen molar-refractivity contribution >= 4 is 22.2 Å². The summed E-state index contributed by atoms with van der Waals surface area (Å²) in [5.41, 5.74) is 7.92. The van der Waals surface area contributed by atoms with E-state index in [9.17, 15) is 0 Å². The van der Waals surface area contributed by atoms with Gasteiger partial charge in [-0.15, -0.1) is 10.2 Å². The first kappa shape index (κ1) is 12.4. The van der Waals surface area contributed by atoms with Crippen molar-refractivity contribution in [3.63, 3.8) is 0 Å². The van der Waals surface area contributed by atoms with Gasteiger partial charge in [0.15, 0.2) is 0 Å². The molecule has 0 saturated carbocycles. The zero-order valence-corrected chi connectivity index (χ0v) is 11.7. The van der Waals surface area contributed by atoms with Crippen LogP contribution in [0.15, 0.2) is 24.3 Å². The second-order valence-electron chi connectivity index (χ2n) is 4.90. The monoisotopic (exact) mass is 274 g/mol. The lowest BCUT2D eigenvalue weighted by Crippen LogP contribution is -2.29. The van der Waals surface area contributed by atoms with Crippen molar-refractivity contribution < 1.29 is 0 Å². The van der Waals surface area contributed by atoms with Gasteiger partial charge in [0.2, 0.25) is 5.13 Å². The Hall–Kier alpha value is -1.62. The molecule has 100 valence electrons. The number of aromatic nitrogens is 2. The van der Waals surface area contributed by atoms with E-state index in [2.05, 4.69) is 21.2 Å². The molecule has 0 aliphatic carbocycles.